The third kappa shape index (κ3) is 5.34. The average molecular weight is 522 g/mol. The quantitative estimate of drug-likeness (QED) is 0.302. The van der Waals surface area contributed by atoms with E-state index in [4.69, 9.17) is 0 Å². The number of anilines is 1. The highest BCUT2D eigenvalue weighted by Gasteiger charge is 2.18. The van der Waals surface area contributed by atoms with Crippen LogP contribution in [-0.4, -0.2) is 31.4 Å². The number of benzene rings is 2. The summed E-state index contributed by atoms with van der Waals surface area (Å²) in [6.45, 7) is 6.13. The number of rotatable bonds is 7. The maximum absolute atomic E-state index is 12.9. The number of amides is 1. The van der Waals surface area contributed by atoms with E-state index in [1.165, 1.54) is 11.8 Å². The number of nitrogens with zero attached hydrogens (tertiary/aromatic N) is 4. The second-order valence-corrected chi connectivity index (χ2v) is 9.52. The molecule has 0 aliphatic heterocycles. The number of halogens is 1. The Bertz CT molecular complexity index is 1290. The lowest BCUT2D eigenvalue weighted by Gasteiger charge is -2.14. The highest BCUT2D eigenvalue weighted by molar-refractivity contribution is 9.10. The van der Waals surface area contributed by atoms with Gasteiger partial charge in [-0.15, -0.1) is 10.2 Å². The van der Waals surface area contributed by atoms with Gasteiger partial charge in [-0.05, 0) is 73.4 Å². The molecule has 1 N–H and O–H groups in total. The van der Waals surface area contributed by atoms with Gasteiger partial charge >= 0.3 is 0 Å². The van der Waals surface area contributed by atoms with Crippen molar-refractivity contribution in [2.75, 3.05) is 11.1 Å². The first kappa shape index (κ1) is 23.2. The molecule has 6 nitrogen and oxygen atoms in total. The van der Waals surface area contributed by atoms with Crippen LogP contribution in [0.15, 0.2) is 70.6 Å². The van der Waals surface area contributed by atoms with E-state index in [0.717, 1.165) is 44.5 Å². The van der Waals surface area contributed by atoms with Crippen LogP contribution in [0.1, 0.15) is 23.6 Å². The monoisotopic (exact) mass is 521 g/mol. The van der Waals surface area contributed by atoms with Crippen molar-refractivity contribution in [1.82, 2.24) is 19.7 Å². The van der Waals surface area contributed by atoms with Crippen LogP contribution in [0, 0.1) is 13.8 Å². The maximum Gasteiger partial charge on any atom is 0.234 e. The summed E-state index contributed by atoms with van der Waals surface area (Å²) in [5.74, 6) is 0.853. The zero-order valence-electron chi connectivity index (χ0n) is 18.7. The highest BCUT2D eigenvalue weighted by atomic mass is 79.9. The molecule has 0 saturated carbocycles. The molecule has 4 aromatic rings. The predicted molar refractivity (Wildman–Crippen MR) is 137 cm³/mol. The summed E-state index contributed by atoms with van der Waals surface area (Å²) in [4.78, 5) is 17.0. The fourth-order valence-corrected chi connectivity index (χ4v) is 5.00. The molecule has 0 spiro atoms. The number of aryl methyl sites for hydroxylation is 3. The molecule has 0 unspecified atom stereocenters. The van der Waals surface area contributed by atoms with Crippen molar-refractivity contribution in [2.45, 2.75) is 32.3 Å². The molecule has 2 heterocycles. The number of aromatic nitrogens is 4. The van der Waals surface area contributed by atoms with Gasteiger partial charge in [0.1, 0.15) is 0 Å². The second-order valence-electron chi connectivity index (χ2n) is 7.66. The smallest absolute Gasteiger partial charge is 0.234 e. The zero-order chi connectivity index (χ0) is 23.4. The fourth-order valence-electron chi connectivity index (χ4n) is 3.63. The van der Waals surface area contributed by atoms with Gasteiger partial charge in [0, 0.05) is 33.8 Å². The Balaban J connectivity index is 1.60. The number of carbonyl (C=O) groups is 1. The SMILES string of the molecule is CCc1cc(Br)cc(C)c1NC(=O)CSc1nnc(-c2ccncc2)n1-c1cccc(C)c1. The van der Waals surface area contributed by atoms with Crippen molar-refractivity contribution in [2.24, 2.45) is 0 Å². The lowest BCUT2D eigenvalue weighted by Crippen LogP contribution is -2.16. The largest absolute Gasteiger partial charge is 0.325 e. The minimum atomic E-state index is -0.0793. The number of hydrogen-bond donors (Lipinski definition) is 1. The molecule has 4 rings (SSSR count). The van der Waals surface area contributed by atoms with E-state index < -0.39 is 0 Å². The normalized spacial score (nSPS) is 10.9. The van der Waals surface area contributed by atoms with Crippen LogP contribution in [0.25, 0.3) is 17.1 Å². The van der Waals surface area contributed by atoms with Crippen molar-refractivity contribution < 1.29 is 4.79 Å². The lowest BCUT2D eigenvalue weighted by molar-refractivity contribution is -0.113. The van der Waals surface area contributed by atoms with E-state index in [9.17, 15) is 4.79 Å². The fraction of sp³-hybridized carbons (Fsp3) is 0.200. The van der Waals surface area contributed by atoms with Gasteiger partial charge in [-0.3, -0.25) is 14.3 Å². The third-order valence-corrected chi connectivity index (χ3v) is 6.58. The molecule has 33 heavy (non-hydrogen) atoms. The summed E-state index contributed by atoms with van der Waals surface area (Å²) >= 11 is 4.90. The maximum atomic E-state index is 12.9. The van der Waals surface area contributed by atoms with E-state index in [0.29, 0.717) is 11.0 Å². The summed E-state index contributed by atoms with van der Waals surface area (Å²) in [7, 11) is 0. The summed E-state index contributed by atoms with van der Waals surface area (Å²) in [5, 5.41) is 12.6. The van der Waals surface area contributed by atoms with Gasteiger partial charge in [-0.25, -0.2) is 0 Å². The third-order valence-electron chi connectivity index (χ3n) is 5.19. The topological polar surface area (TPSA) is 72.7 Å². The predicted octanol–water partition coefficient (Wildman–Crippen LogP) is 6.00. The van der Waals surface area contributed by atoms with Crippen LogP contribution < -0.4 is 5.32 Å². The Hall–Kier alpha value is -2.97. The number of pyridine rings is 1. The van der Waals surface area contributed by atoms with E-state index >= 15 is 0 Å². The minimum Gasteiger partial charge on any atom is -0.325 e. The molecule has 0 aliphatic carbocycles. The van der Waals surface area contributed by atoms with Gasteiger partial charge in [0.05, 0.1) is 5.75 Å². The van der Waals surface area contributed by atoms with Crippen molar-refractivity contribution in [3.63, 3.8) is 0 Å². The summed E-state index contributed by atoms with van der Waals surface area (Å²) in [6.07, 6.45) is 4.30. The molecule has 2 aromatic heterocycles. The number of carbonyl (C=O) groups excluding carboxylic acids is 1. The summed E-state index contributed by atoms with van der Waals surface area (Å²) in [6, 6.07) is 16.0. The van der Waals surface area contributed by atoms with Gasteiger partial charge in [-0.1, -0.05) is 46.7 Å². The van der Waals surface area contributed by atoms with Crippen LogP contribution in [0.4, 0.5) is 5.69 Å². The summed E-state index contributed by atoms with van der Waals surface area (Å²) in [5.41, 5.74) is 6.00. The van der Waals surface area contributed by atoms with Gasteiger partial charge in [0.15, 0.2) is 11.0 Å². The first-order valence-electron chi connectivity index (χ1n) is 10.6. The van der Waals surface area contributed by atoms with E-state index in [1.807, 2.05) is 60.9 Å². The van der Waals surface area contributed by atoms with Gasteiger partial charge in [0.25, 0.3) is 0 Å². The standard InChI is InChI=1S/C25H24BrN5OS/c1-4-18-14-20(26)13-17(3)23(18)28-22(32)15-33-25-30-29-24(19-8-10-27-11-9-19)31(25)21-7-5-6-16(2)12-21/h5-14H,4,15H2,1-3H3,(H,28,32). The molecule has 2 aromatic carbocycles. The summed E-state index contributed by atoms with van der Waals surface area (Å²) < 4.78 is 3.00. The van der Waals surface area contributed by atoms with Crippen molar-refractivity contribution >= 4 is 39.3 Å². The van der Waals surface area contributed by atoms with Crippen LogP contribution in [0.3, 0.4) is 0 Å². The Kier molecular flexibility index (Phi) is 7.25. The Morgan fingerprint density at radius 1 is 1.09 bits per heavy atom. The van der Waals surface area contributed by atoms with Crippen molar-refractivity contribution in [1.29, 1.82) is 0 Å². The van der Waals surface area contributed by atoms with E-state index in [-0.39, 0.29) is 11.7 Å². The molecular weight excluding hydrogens is 498 g/mol. The van der Waals surface area contributed by atoms with Gasteiger partial charge < -0.3 is 5.32 Å². The molecule has 0 radical (unpaired) electrons. The number of thioether (sulfide) groups is 1. The highest BCUT2D eigenvalue weighted by Crippen LogP contribution is 2.29. The Labute approximate surface area is 206 Å². The van der Waals surface area contributed by atoms with Crippen molar-refractivity contribution in [3.8, 4) is 17.1 Å². The van der Waals surface area contributed by atoms with Crippen LogP contribution in [0.5, 0.6) is 0 Å². The molecule has 168 valence electrons. The Morgan fingerprint density at radius 3 is 2.61 bits per heavy atom. The first-order valence-corrected chi connectivity index (χ1v) is 12.4. The molecule has 0 saturated heterocycles. The molecule has 0 fully saturated rings. The molecular formula is C25H24BrN5OS. The first-order chi connectivity index (χ1) is 16.0. The number of nitrogens with one attached hydrogen (secondary N) is 1. The second kappa shape index (κ2) is 10.3. The molecule has 0 atom stereocenters. The average Bonchev–Trinajstić information content (AvgIpc) is 3.24. The van der Waals surface area contributed by atoms with Gasteiger partial charge in [0.2, 0.25) is 5.91 Å². The molecule has 8 heteroatoms. The van der Waals surface area contributed by atoms with Crippen LogP contribution in [-0.2, 0) is 11.2 Å². The molecule has 0 bridgehead atoms. The van der Waals surface area contributed by atoms with Crippen molar-refractivity contribution in [3.05, 3.63) is 82.1 Å². The lowest BCUT2D eigenvalue weighted by atomic mass is 10.1. The zero-order valence-corrected chi connectivity index (χ0v) is 21.1. The number of hydrogen-bond acceptors (Lipinski definition) is 5. The van der Waals surface area contributed by atoms with Crippen LogP contribution in [0.2, 0.25) is 0 Å². The Morgan fingerprint density at radius 2 is 1.88 bits per heavy atom. The van der Waals surface area contributed by atoms with E-state index in [2.05, 4.69) is 49.4 Å². The minimum absolute atomic E-state index is 0.0793. The molecule has 0 aliphatic rings. The van der Waals surface area contributed by atoms with Crippen LogP contribution >= 0.6 is 27.7 Å². The molecule has 1 amide bonds. The van der Waals surface area contributed by atoms with E-state index in [1.54, 1.807) is 12.4 Å². The van der Waals surface area contributed by atoms with Gasteiger partial charge in [-0.2, -0.15) is 0 Å².